The van der Waals surface area contributed by atoms with Gasteiger partial charge in [0.1, 0.15) is 29.5 Å². The predicted octanol–water partition coefficient (Wildman–Crippen LogP) is 8.29. The number of imidazole rings is 1. The summed E-state index contributed by atoms with van der Waals surface area (Å²) in [4.78, 5) is 37.8. The number of hydrogen-bond acceptors (Lipinski definition) is 15. The molecule has 2 aliphatic rings. The summed E-state index contributed by atoms with van der Waals surface area (Å²) < 4.78 is 53.7. The molecule has 1 saturated heterocycles. The second kappa shape index (κ2) is 20.4. The Hall–Kier alpha value is -4.77. The first-order valence-corrected chi connectivity index (χ1v) is 23.4. The molecule has 1 unspecified atom stereocenters. The summed E-state index contributed by atoms with van der Waals surface area (Å²) in [6.45, 7) is 8.49. The van der Waals surface area contributed by atoms with E-state index in [2.05, 4.69) is 37.1 Å². The lowest BCUT2D eigenvalue weighted by atomic mass is 9.89. The highest BCUT2D eigenvalue weighted by molar-refractivity contribution is 7.54. The van der Waals surface area contributed by atoms with Crippen LogP contribution in [0.15, 0.2) is 83.0 Å². The van der Waals surface area contributed by atoms with Gasteiger partial charge in [0.05, 0.1) is 37.8 Å². The van der Waals surface area contributed by atoms with Crippen LogP contribution < -0.4 is 15.6 Å². The van der Waals surface area contributed by atoms with E-state index in [4.69, 9.17) is 40.8 Å². The molecule has 3 N–H and O–H groups in total. The van der Waals surface area contributed by atoms with Crippen LogP contribution in [0.2, 0.25) is 5.02 Å². The van der Waals surface area contributed by atoms with Gasteiger partial charge in [-0.1, -0.05) is 49.6 Å². The number of aromatic nitrogens is 5. The number of amidine groups is 1. The molecule has 0 radical (unpaired) electrons. The molecule has 3 aromatic heterocycles. The van der Waals surface area contributed by atoms with E-state index in [9.17, 15) is 13.8 Å². The van der Waals surface area contributed by atoms with Crippen LogP contribution in [0.4, 0.5) is 10.2 Å². The molecule has 3 atom stereocenters. The van der Waals surface area contributed by atoms with Crippen molar-refractivity contribution in [2.75, 3.05) is 44.9 Å². The van der Waals surface area contributed by atoms with Gasteiger partial charge in [-0.25, -0.2) is 33.7 Å². The fraction of sp³-hybridized carbons (Fsp3) is 0.429. The Kier molecular flexibility index (Phi) is 14.8. The molecule has 61 heavy (non-hydrogen) atoms. The van der Waals surface area contributed by atoms with E-state index in [1.54, 1.807) is 25.5 Å². The molecule has 2 aromatic carbocycles. The van der Waals surface area contributed by atoms with Crippen LogP contribution in [0.1, 0.15) is 81.0 Å². The number of ether oxygens (including phenoxy) is 2. The zero-order valence-corrected chi connectivity index (χ0v) is 36.8. The van der Waals surface area contributed by atoms with Gasteiger partial charge in [0, 0.05) is 34.4 Å². The molecule has 1 fully saturated rings. The van der Waals surface area contributed by atoms with E-state index >= 15 is 0 Å². The standard InChI is InChI=1S/C42H50ClFN9O6PS/c1-4-6-7-19-58-60(55,26-57-27(3)22-53-25-49-37-38(45)47-24-48-40(37)53)59-31-11-8-28(9-12-31)29-14-17-52(18-15-29)23-34-35(42(54)56-5-2)36(32-13-10-30(44)21-33(32)43)51-39(50-34)41-46-16-20-61-41/h8-13,16,20-21,24-25,27,29,36H,4-7,14-15,17-19,22-23,26H2,1-3H3,(H,50,51)(H2,45,47,48)/t27-,36+,60?/m1/s1. The molecule has 5 heterocycles. The Bertz CT molecular complexity index is 2390. The highest BCUT2D eigenvalue weighted by atomic mass is 35.5. The van der Waals surface area contributed by atoms with Gasteiger partial charge in [-0.15, -0.1) is 11.3 Å². The molecule has 324 valence electrons. The Labute approximate surface area is 363 Å². The van der Waals surface area contributed by atoms with Crippen molar-refractivity contribution in [3.05, 3.63) is 105 Å². The zero-order chi connectivity index (χ0) is 42.9. The number of hydrogen-bond donors (Lipinski definition) is 2. The molecule has 0 spiro atoms. The molecule has 2 aliphatic heterocycles. The van der Waals surface area contributed by atoms with E-state index in [1.807, 2.05) is 41.1 Å². The highest BCUT2D eigenvalue weighted by Crippen LogP contribution is 2.49. The summed E-state index contributed by atoms with van der Waals surface area (Å²) in [5, 5.41) is 6.06. The van der Waals surface area contributed by atoms with Crippen LogP contribution in [-0.4, -0.2) is 86.5 Å². The number of thiazole rings is 1. The number of esters is 1. The smallest absolute Gasteiger partial charge is 0.404 e. The van der Waals surface area contributed by atoms with Gasteiger partial charge in [-0.3, -0.25) is 14.4 Å². The first-order chi connectivity index (χ1) is 29.5. The largest absolute Gasteiger partial charge is 0.463 e. The summed E-state index contributed by atoms with van der Waals surface area (Å²) in [6.07, 6.45) is 8.51. The predicted molar refractivity (Wildman–Crippen MR) is 233 cm³/mol. The van der Waals surface area contributed by atoms with Gasteiger partial charge < -0.3 is 29.6 Å². The van der Waals surface area contributed by atoms with Crippen molar-refractivity contribution in [1.82, 2.24) is 34.7 Å². The van der Waals surface area contributed by atoms with Crippen molar-refractivity contribution in [2.45, 2.75) is 77.5 Å². The Balaban J connectivity index is 1.00. The summed E-state index contributed by atoms with van der Waals surface area (Å²) in [6, 6.07) is 10.9. The van der Waals surface area contributed by atoms with E-state index in [0.29, 0.717) is 63.5 Å². The van der Waals surface area contributed by atoms with Crippen LogP contribution in [-0.2, 0) is 29.9 Å². The number of nitrogens with zero attached hydrogens (tertiary/aromatic N) is 7. The molecule has 0 amide bonds. The van der Waals surface area contributed by atoms with Gasteiger partial charge in [0.15, 0.2) is 28.7 Å². The second-order valence-corrected chi connectivity index (χ2v) is 18.1. The van der Waals surface area contributed by atoms with E-state index in [0.717, 1.165) is 50.8 Å². The monoisotopic (exact) mass is 893 g/mol. The number of anilines is 1. The molecule has 5 aromatic rings. The number of rotatable bonds is 19. The van der Waals surface area contributed by atoms with Crippen LogP contribution >= 0.6 is 30.5 Å². The molecule has 7 rings (SSSR count). The van der Waals surface area contributed by atoms with Crippen LogP contribution in [0, 0.1) is 5.82 Å². The Morgan fingerprint density at radius 2 is 1.90 bits per heavy atom. The van der Waals surface area contributed by atoms with Crippen molar-refractivity contribution in [3.63, 3.8) is 0 Å². The average molecular weight is 894 g/mol. The first kappa shape index (κ1) is 44.3. The SMILES string of the molecule is CCCCCOP(=O)(CO[C@H](C)Cn1cnc2c(N)ncnc21)Oc1ccc(C2CCN(CC3=C(C(=O)OCC)[C@H](c4ccc(F)cc4Cl)N=C(c4nccs4)N3)CC2)cc1. The van der Waals surface area contributed by atoms with Crippen LogP contribution in [0.25, 0.3) is 11.2 Å². The van der Waals surface area contributed by atoms with Crippen LogP contribution in [0.5, 0.6) is 5.75 Å². The number of likely N-dealkylation sites (tertiary alicyclic amines) is 1. The van der Waals surface area contributed by atoms with Gasteiger partial charge >= 0.3 is 13.6 Å². The number of carbonyl (C=O) groups is 1. The molecule has 15 nitrogen and oxygen atoms in total. The molecule has 0 saturated carbocycles. The number of fused-ring (bicyclic) bond motifs is 1. The number of nitrogens with one attached hydrogen (secondary N) is 1. The number of benzene rings is 2. The molecule has 0 bridgehead atoms. The third-order valence-corrected chi connectivity index (χ3v) is 13.2. The number of nitrogen functional groups attached to an aromatic ring is 1. The lowest BCUT2D eigenvalue weighted by Crippen LogP contribution is -2.42. The second-order valence-electron chi connectivity index (χ2n) is 14.9. The Morgan fingerprint density at radius 3 is 2.62 bits per heavy atom. The quantitative estimate of drug-likeness (QED) is 0.0460. The summed E-state index contributed by atoms with van der Waals surface area (Å²) in [7, 11) is -3.70. The number of halogens is 2. The maximum absolute atomic E-state index is 14.1. The summed E-state index contributed by atoms with van der Waals surface area (Å²) in [5.41, 5.74) is 9.64. The van der Waals surface area contributed by atoms with Crippen molar-refractivity contribution < 1.29 is 32.3 Å². The van der Waals surface area contributed by atoms with Gasteiger partial charge in [0.2, 0.25) is 0 Å². The topological polar surface area (TPSA) is 181 Å². The number of nitrogens with two attached hydrogens (primary N) is 1. The fourth-order valence-electron chi connectivity index (χ4n) is 7.40. The molecule has 19 heteroatoms. The third-order valence-electron chi connectivity index (χ3n) is 10.5. The molecule has 0 aliphatic carbocycles. The fourth-order valence-corrected chi connectivity index (χ4v) is 9.73. The number of unbranched alkanes of at least 4 members (excludes halogenated alkanes) is 2. The maximum Gasteiger partial charge on any atom is 0.404 e. The van der Waals surface area contributed by atoms with Crippen molar-refractivity contribution >= 4 is 59.3 Å². The van der Waals surface area contributed by atoms with E-state index in [-0.39, 0.29) is 36.6 Å². The van der Waals surface area contributed by atoms with E-state index < -0.39 is 25.4 Å². The minimum Gasteiger partial charge on any atom is -0.463 e. The summed E-state index contributed by atoms with van der Waals surface area (Å²) in [5.74, 6) is 0.493. The van der Waals surface area contributed by atoms with Crippen molar-refractivity contribution in [1.29, 1.82) is 0 Å². The normalized spacial score (nSPS) is 17.8. The molecular weight excluding hydrogens is 844 g/mol. The van der Waals surface area contributed by atoms with E-state index in [1.165, 1.54) is 29.8 Å². The van der Waals surface area contributed by atoms with Gasteiger partial charge in [-0.2, -0.15) is 0 Å². The van der Waals surface area contributed by atoms with Gasteiger partial charge in [0.25, 0.3) is 0 Å². The van der Waals surface area contributed by atoms with Crippen molar-refractivity contribution in [2.24, 2.45) is 4.99 Å². The average Bonchev–Trinajstić information content (AvgIpc) is 3.94. The minimum absolute atomic E-state index is 0.163. The number of aliphatic imine (C=N–C) groups is 1. The lowest BCUT2D eigenvalue weighted by molar-refractivity contribution is -0.139. The number of piperidine rings is 1. The minimum atomic E-state index is -3.70. The van der Waals surface area contributed by atoms with Crippen LogP contribution in [0.3, 0.4) is 0 Å². The number of carbonyl (C=O) groups excluding carboxylic acids is 1. The lowest BCUT2D eigenvalue weighted by Gasteiger charge is -2.35. The Morgan fingerprint density at radius 1 is 1.10 bits per heavy atom. The third kappa shape index (κ3) is 11.0. The summed E-state index contributed by atoms with van der Waals surface area (Å²) >= 11 is 7.98. The highest BCUT2D eigenvalue weighted by Gasteiger charge is 2.35. The maximum atomic E-state index is 14.1. The van der Waals surface area contributed by atoms with Gasteiger partial charge in [-0.05, 0) is 81.9 Å². The zero-order valence-electron chi connectivity index (χ0n) is 34.3. The first-order valence-electron chi connectivity index (χ1n) is 20.4. The van der Waals surface area contributed by atoms with Crippen molar-refractivity contribution in [3.8, 4) is 5.75 Å². The molecular formula is C42H50ClFN9O6PS.